The van der Waals surface area contributed by atoms with Crippen molar-refractivity contribution >= 4 is 28.9 Å². The summed E-state index contributed by atoms with van der Waals surface area (Å²) in [6.07, 6.45) is 0. The SMILES string of the molecule is CCn1c(C)cc(CNc2cc(Cl)ccc2Cl)c1C. The molecule has 0 saturated heterocycles. The maximum absolute atomic E-state index is 6.14. The molecule has 4 heteroatoms. The predicted octanol–water partition coefficient (Wildman–Crippen LogP) is 5.04. The lowest BCUT2D eigenvalue weighted by molar-refractivity contribution is 0.715. The van der Waals surface area contributed by atoms with Crippen molar-refractivity contribution in [3.05, 3.63) is 51.3 Å². The van der Waals surface area contributed by atoms with Crippen molar-refractivity contribution in [1.29, 1.82) is 0 Å². The lowest BCUT2D eigenvalue weighted by Crippen LogP contribution is -2.03. The number of aromatic nitrogens is 1. The highest BCUT2D eigenvalue weighted by Crippen LogP contribution is 2.26. The van der Waals surface area contributed by atoms with E-state index < -0.39 is 0 Å². The molecular formula is C15H18Cl2N2. The molecule has 0 aliphatic heterocycles. The lowest BCUT2D eigenvalue weighted by atomic mass is 10.2. The Balaban J connectivity index is 2.17. The van der Waals surface area contributed by atoms with Gasteiger partial charge in [0, 0.05) is 29.5 Å². The van der Waals surface area contributed by atoms with Crippen LogP contribution in [0.25, 0.3) is 0 Å². The van der Waals surface area contributed by atoms with Crippen molar-refractivity contribution in [3.8, 4) is 0 Å². The molecule has 102 valence electrons. The first-order chi connectivity index (χ1) is 9.02. The Morgan fingerprint density at radius 3 is 2.53 bits per heavy atom. The van der Waals surface area contributed by atoms with E-state index >= 15 is 0 Å². The second kappa shape index (κ2) is 5.89. The van der Waals surface area contributed by atoms with Gasteiger partial charge in [-0.25, -0.2) is 0 Å². The largest absolute Gasteiger partial charge is 0.380 e. The molecule has 0 saturated carbocycles. The maximum Gasteiger partial charge on any atom is 0.0638 e. The van der Waals surface area contributed by atoms with E-state index in [-0.39, 0.29) is 0 Å². The molecule has 1 N–H and O–H groups in total. The van der Waals surface area contributed by atoms with E-state index in [1.165, 1.54) is 17.0 Å². The van der Waals surface area contributed by atoms with Gasteiger partial charge in [0.15, 0.2) is 0 Å². The zero-order valence-electron chi connectivity index (χ0n) is 11.4. The van der Waals surface area contributed by atoms with Crippen molar-refractivity contribution < 1.29 is 0 Å². The number of hydrogen-bond donors (Lipinski definition) is 1. The van der Waals surface area contributed by atoms with E-state index in [4.69, 9.17) is 23.2 Å². The van der Waals surface area contributed by atoms with Crippen LogP contribution in [0.4, 0.5) is 5.69 Å². The van der Waals surface area contributed by atoms with Crippen LogP contribution in [0.1, 0.15) is 23.9 Å². The van der Waals surface area contributed by atoms with Gasteiger partial charge in [0.25, 0.3) is 0 Å². The van der Waals surface area contributed by atoms with Crippen molar-refractivity contribution in [2.24, 2.45) is 0 Å². The highest BCUT2D eigenvalue weighted by atomic mass is 35.5. The van der Waals surface area contributed by atoms with Gasteiger partial charge in [0.1, 0.15) is 0 Å². The summed E-state index contributed by atoms with van der Waals surface area (Å²) in [6.45, 7) is 8.18. The molecule has 0 radical (unpaired) electrons. The Morgan fingerprint density at radius 2 is 1.89 bits per heavy atom. The Kier molecular flexibility index (Phi) is 4.43. The second-order valence-electron chi connectivity index (χ2n) is 4.62. The summed E-state index contributed by atoms with van der Waals surface area (Å²) in [5, 5.41) is 4.72. The summed E-state index contributed by atoms with van der Waals surface area (Å²) in [5.74, 6) is 0. The first-order valence-electron chi connectivity index (χ1n) is 6.37. The van der Waals surface area contributed by atoms with Crippen molar-refractivity contribution in [2.75, 3.05) is 5.32 Å². The smallest absolute Gasteiger partial charge is 0.0638 e. The molecule has 2 rings (SSSR count). The number of anilines is 1. The molecule has 0 bridgehead atoms. The van der Waals surface area contributed by atoms with Crippen LogP contribution in [0.2, 0.25) is 10.0 Å². The molecule has 0 atom stereocenters. The highest BCUT2D eigenvalue weighted by Gasteiger charge is 2.08. The average Bonchev–Trinajstić information content (AvgIpc) is 2.65. The molecule has 1 aromatic carbocycles. The molecular weight excluding hydrogens is 279 g/mol. The zero-order valence-corrected chi connectivity index (χ0v) is 12.9. The molecule has 2 aromatic rings. The van der Waals surface area contributed by atoms with Crippen LogP contribution in [-0.4, -0.2) is 4.57 Å². The molecule has 0 aliphatic carbocycles. The normalized spacial score (nSPS) is 10.8. The van der Waals surface area contributed by atoms with Crippen LogP contribution >= 0.6 is 23.2 Å². The fourth-order valence-corrected chi connectivity index (χ4v) is 2.72. The molecule has 0 spiro atoms. The molecule has 0 fully saturated rings. The summed E-state index contributed by atoms with van der Waals surface area (Å²) in [4.78, 5) is 0. The fourth-order valence-electron chi connectivity index (χ4n) is 2.36. The van der Waals surface area contributed by atoms with Crippen LogP contribution in [-0.2, 0) is 13.1 Å². The number of aryl methyl sites for hydroxylation is 1. The van der Waals surface area contributed by atoms with Gasteiger partial charge in [-0.15, -0.1) is 0 Å². The molecule has 19 heavy (non-hydrogen) atoms. The molecule has 1 heterocycles. The van der Waals surface area contributed by atoms with Gasteiger partial charge in [-0.3, -0.25) is 0 Å². The number of benzene rings is 1. The number of halogens is 2. The molecule has 0 unspecified atom stereocenters. The third-order valence-corrected chi connectivity index (χ3v) is 3.96. The third kappa shape index (κ3) is 3.07. The van der Waals surface area contributed by atoms with E-state index in [2.05, 4.69) is 36.7 Å². The van der Waals surface area contributed by atoms with Gasteiger partial charge >= 0.3 is 0 Å². The fraction of sp³-hybridized carbons (Fsp3) is 0.333. The van der Waals surface area contributed by atoms with Gasteiger partial charge in [-0.1, -0.05) is 23.2 Å². The average molecular weight is 297 g/mol. The highest BCUT2D eigenvalue weighted by molar-refractivity contribution is 6.35. The quantitative estimate of drug-likeness (QED) is 0.836. The van der Waals surface area contributed by atoms with Gasteiger partial charge in [0.05, 0.1) is 10.7 Å². The summed E-state index contributed by atoms with van der Waals surface area (Å²) in [6, 6.07) is 7.66. The van der Waals surface area contributed by atoms with E-state index in [0.29, 0.717) is 10.0 Å². The summed E-state index contributed by atoms with van der Waals surface area (Å²) >= 11 is 12.1. The molecule has 2 nitrogen and oxygen atoms in total. The first-order valence-corrected chi connectivity index (χ1v) is 7.13. The maximum atomic E-state index is 6.14. The van der Waals surface area contributed by atoms with Crippen molar-refractivity contribution in [2.45, 2.75) is 33.9 Å². The lowest BCUT2D eigenvalue weighted by Gasteiger charge is -2.10. The van der Waals surface area contributed by atoms with Crippen LogP contribution in [0.3, 0.4) is 0 Å². The zero-order chi connectivity index (χ0) is 14.0. The molecule has 1 aromatic heterocycles. The minimum absolute atomic E-state index is 0.686. The minimum Gasteiger partial charge on any atom is -0.380 e. The van der Waals surface area contributed by atoms with E-state index in [0.717, 1.165) is 18.8 Å². The monoisotopic (exact) mass is 296 g/mol. The minimum atomic E-state index is 0.686. The van der Waals surface area contributed by atoms with Gasteiger partial charge in [-0.2, -0.15) is 0 Å². The van der Waals surface area contributed by atoms with Crippen LogP contribution in [0, 0.1) is 13.8 Å². The molecule has 0 amide bonds. The molecule has 0 aliphatic rings. The third-order valence-electron chi connectivity index (χ3n) is 3.39. The van der Waals surface area contributed by atoms with Gasteiger partial charge in [-0.05, 0) is 50.6 Å². The Labute approximate surface area is 124 Å². The van der Waals surface area contributed by atoms with Crippen molar-refractivity contribution in [1.82, 2.24) is 4.57 Å². The van der Waals surface area contributed by atoms with E-state index in [1.54, 1.807) is 6.07 Å². The van der Waals surface area contributed by atoms with E-state index in [1.807, 2.05) is 12.1 Å². The second-order valence-corrected chi connectivity index (χ2v) is 5.46. The number of hydrogen-bond acceptors (Lipinski definition) is 1. The number of nitrogens with zero attached hydrogens (tertiary/aromatic N) is 1. The summed E-state index contributed by atoms with van der Waals surface area (Å²) in [5.41, 5.74) is 4.74. The van der Waals surface area contributed by atoms with Gasteiger partial charge in [0.2, 0.25) is 0 Å². The standard InChI is InChI=1S/C15H18Cl2N2/c1-4-19-10(2)7-12(11(19)3)9-18-15-8-13(16)5-6-14(15)17/h5-8,18H,4,9H2,1-3H3. The topological polar surface area (TPSA) is 17.0 Å². The predicted molar refractivity (Wildman–Crippen MR) is 83.4 cm³/mol. The Bertz CT molecular complexity index is 588. The number of rotatable bonds is 4. The first kappa shape index (κ1) is 14.3. The van der Waals surface area contributed by atoms with Crippen LogP contribution in [0.5, 0.6) is 0 Å². The van der Waals surface area contributed by atoms with Crippen LogP contribution in [0.15, 0.2) is 24.3 Å². The van der Waals surface area contributed by atoms with Gasteiger partial charge < -0.3 is 9.88 Å². The summed E-state index contributed by atoms with van der Waals surface area (Å²) < 4.78 is 2.30. The Hall–Kier alpha value is -1.12. The van der Waals surface area contributed by atoms with Crippen molar-refractivity contribution in [3.63, 3.8) is 0 Å². The van der Waals surface area contributed by atoms with Crippen LogP contribution < -0.4 is 5.32 Å². The Morgan fingerprint density at radius 1 is 1.16 bits per heavy atom. The number of nitrogens with one attached hydrogen (secondary N) is 1. The van der Waals surface area contributed by atoms with E-state index in [9.17, 15) is 0 Å². The summed E-state index contributed by atoms with van der Waals surface area (Å²) in [7, 11) is 0.